The predicted molar refractivity (Wildman–Crippen MR) is 257 cm³/mol. The number of aliphatic hydroxyl groups excluding tert-OH is 10. The lowest BCUT2D eigenvalue weighted by molar-refractivity contribution is -0.332. The standard InChI is InChI=1S/C51H99NO15/c1-3-5-7-9-11-13-15-17-18-19-20-21-23-25-27-29-31-33-39(56)49(63)52-37(42(58)38(55)32-30-28-26-24-22-16-14-12-10-8-6-4-2)36-64-50-46(62)48(43(59)41(35-54)65-50)67-51-45(61)44(60)47(66-51)40(57)34-53/h37-48,50-51,53-62H,3-36H2,1-2H3,(H,52,63)/t37-,38+,39+,40+,41+,42-,43-,44+,45+,46+,47-,48-,50-,51-/m0/s1. The van der Waals surface area contributed by atoms with Crippen LogP contribution < -0.4 is 5.32 Å². The number of hydrogen-bond donors (Lipinski definition) is 11. The summed E-state index contributed by atoms with van der Waals surface area (Å²) in [4.78, 5) is 13.3. The van der Waals surface area contributed by atoms with E-state index in [4.69, 9.17) is 18.9 Å². The van der Waals surface area contributed by atoms with Crippen molar-refractivity contribution in [1.29, 1.82) is 0 Å². The molecule has 0 aliphatic carbocycles. The molecular weight excluding hydrogens is 867 g/mol. The van der Waals surface area contributed by atoms with Crippen molar-refractivity contribution in [3.8, 4) is 0 Å². The molecule has 2 rings (SSSR count). The molecule has 16 nitrogen and oxygen atoms in total. The monoisotopic (exact) mass is 966 g/mol. The number of hydrogen-bond acceptors (Lipinski definition) is 15. The van der Waals surface area contributed by atoms with Crippen molar-refractivity contribution < 1.29 is 74.8 Å². The lowest BCUT2D eigenvalue weighted by Crippen LogP contribution is -2.62. The molecule has 2 heterocycles. The predicted octanol–water partition coefficient (Wildman–Crippen LogP) is 5.33. The van der Waals surface area contributed by atoms with Crippen LogP contribution in [0.15, 0.2) is 0 Å². The molecule has 0 aromatic heterocycles. The minimum Gasteiger partial charge on any atom is -0.394 e. The van der Waals surface area contributed by atoms with E-state index in [0.717, 1.165) is 44.9 Å². The van der Waals surface area contributed by atoms with E-state index in [-0.39, 0.29) is 12.8 Å². The van der Waals surface area contributed by atoms with E-state index in [2.05, 4.69) is 19.2 Å². The summed E-state index contributed by atoms with van der Waals surface area (Å²) in [7, 11) is 0. The topological polar surface area (TPSA) is 268 Å². The van der Waals surface area contributed by atoms with Gasteiger partial charge < -0.3 is 75.3 Å². The van der Waals surface area contributed by atoms with Gasteiger partial charge in [0.15, 0.2) is 12.6 Å². The highest BCUT2D eigenvalue weighted by molar-refractivity contribution is 5.80. The van der Waals surface area contributed by atoms with Crippen molar-refractivity contribution in [3.05, 3.63) is 0 Å². The van der Waals surface area contributed by atoms with Crippen molar-refractivity contribution in [1.82, 2.24) is 5.32 Å². The smallest absolute Gasteiger partial charge is 0.249 e. The van der Waals surface area contributed by atoms with Crippen LogP contribution in [0.5, 0.6) is 0 Å². The van der Waals surface area contributed by atoms with Gasteiger partial charge in [-0.2, -0.15) is 0 Å². The molecular formula is C51H99NO15. The third-order valence-corrected chi connectivity index (χ3v) is 13.7. The van der Waals surface area contributed by atoms with Crippen molar-refractivity contribution in [2.75, 3.05) is 19.8 Å². The summed E-state index contributed by atoms with van der Waals surface area (Å²) in [5, 5.41) is 108. The Morgan fingerprint density at radius 1 is 0.537 bits per heavy atom. The summed E-state index contributed by atoms with van der Waals surface area (Å²) in [5.41, 5.74) is 0. The Balaban J connectivity index is 1.90. The van der Waals surface area contributed by atoms with E-state index in [1.165, 1.54) is 128 Å². The van der Waals surface area contributed by atoms with Gasteiger partial charge in [0.2, 0.25) is 5.91 Å². The first-order valence-corrected chi connectivity index (χ1v) is 27.0. The van der Waals surface area contributed by atoms with E-state index in [1.54, 1.807) is 0 Å². The fraction of sp³-hybridized carbons (Fsp3) is 0.980. The zero-order valence-electron chi connectivity index (χ0n) is 41.6. The molecule has 0 spiro atoms. The van der Waals surface area contributed by atoms with Crippen LogP contribution in [0.1, 0.15) is 213 Å². The molecule has 0 aromatic rings. The number of rotatable bonds is 43. The SMILES string of the molecule is CCCCCCCCCCCCCCCCCCC[C@@H](O)C(=O)N[C@@H](CO[C@H]1O[C@H](CO)[C@H](O)[C@H](O[C@@H]2O[C@@H]([C@H](O)CO)[C@H](O)[C@H]2O)[C@H]1O)[C@H](O)[C@H](O)CCCCCCCCCCCCCC. The minimum atomic E-state index is -1.82. The van der Waals surface area contributed by atoms with Gasteiger partial charge in [0.1, 0.15) is 61.0 Å². The highest BCUT2D eigenvalue weighted by atomic mass is 16.7. The van der Waals surface area contributed by atoms with E-state index in [0.29, 0.717) is 12.8 Å². The molecule has 1 amide bonds. The van der Waals surface area contributed by atoms with Gasteiger partial charge in [0.05, 0.1) is 32.0 Å². The van der Waals surface area contributed by atoms with E-state index in [1.807, 2.05) is 0 Å². The third-order valence-electron chi connectivity index (χ3n) is 13.7. The van der Waals surface area contributed by atoms with Gasteiger partial charge in [0, 0.05) is 0 Å². The van der Waals surface area contributed by atoms with Gasteiger partial charge in [-0.15, -0.1) is 0 Å². The second kappa shape index (κ2) is 38.6. The van der Waals surface area contributed by atoms with Crippen LogP contribution >= 0.6 is 0 Å². The summed E-state index contributed by atoms with van der Waals surface area (Å²) in [6, 6.07) is -1.28. The zero-order chi connectivity index (χ0) is 49.2. The van der Waals surface area contributed by atoms with Gasteiger partial charge in [-0.1, -0.05) is 200 Å². The first kappa shape index (κ1) is 62.0. The van der Waals surface area contributed by atoms with Crippen molar-refractivity contribution >= 4 is 5.91 Å². The molecule has 0 unspecified atom stereocenters. The van der Waals surface area contributed by atoms with Crippen LogP contribution in [0.2, 0.25) is 0 Å². The fourth-order valence-corrected chi connectivity index (χ4v) is 9.24. The lowest BCUT2D eigenvalue weighted by Gasteiger charge is -2.43. The lowest BCUT2D eigenvalue weighted by atomic mass is 9.98. The normalized spacial score (nSPS) is 26.7. The Kier molecular flexibility index (Phi) is 35.7. The number of unbranched alkanes of at least 4 members (excludes halogenated alkanes) is 27. The summed E-state index contributed by atoms with van der Waals surface area (Å²) < 4.78 is 22.6. The van der Waals surface area contributed by atoms with Crippen LogP contribution in [0.3, 0.4) is 0 Å². The van der Waals surface area contributed by atoms with Gasteiger partial charge >= 0.3 is 0 Å². The first-order chi connectivity index (χ1) is 32.4. The fourth-order valence-electron chi connectivity index (χ4n) is 9.24. The summed E-state index contributed by atoms with van der Waals surface area (Å²) >= 11 is 0. The molecule has 2 fully saturated rings. The zero-order valence-corrected chi connectivity index (χ0v) is 41.6. The average Bonchev–Trinajstić information content (AvgIpc) is 3.61. The number of carbonyl (C=O) groups is 1. The highest BCUT2D eigenvalue weighted by Crippen LogP contribution is 2.31. The molecule has 0 bridgehead atoms. The maximum Gasteiger partial charge on any atom is 0.249 e. The number of nitrogens with one attached hydrogen (secondary N) is 1. The highest BCUT2D eigenvalue weighted by Gasteiger charge is 2.52. The first-order valence-electron chi connectivity index (χ1n) is 27.0. The van der Waals surface area contributed by atoms with E-state index in [9.17, 15) is 55.9 Å². The largest absolute Gasteiger partial charge is 0.394 e. The molecule has 0 radical (unpaired) electrons. The van der Waals surface area contributed by atoms with Crippen LogP contribution in [-0.2, 0) is 23.7 Å². The second-order valence-electron chi connectivity index (χ2n) is 19.7. The number of ether oxygens (including phenoxy) is 4. The average molecular weight is 966 g/mol. The molecule has 2 saturated heterocycles. The van der Waals surface area contributed by atoms with Crippen LogP contribution in [-0.4, -0.2) is 163 Å². The van der Waals surface area contributed by atoms with Crippen molar-refractivity contribution in [2.24, 2.45) is 0 Å². The minimum absolute atomic E-state index is 0.203. The van der Waals surface area contributed by atoms with Gasteiger partial charge in [0.25, 0.3) is 0 Å². The molecule has 67 heavy (non-hydrogen) atoms. The number of aliphatic hydroxyl groups is 10. The van der Waals surface area contributed by atoms with Crippen LogP contribution in [0, 0.1) is 0 Å². The summed E-state index contributed by atoms with van der Waals surface area (Å²) in [6.45, 7) is 2.38. The Labute approximate surface area is 403 Å². The maximum atomic E-state index is 13.3. The quantitative estimate of drug-likeness (QED) is 0.0345. The number of carbonyl (C=O) groups excluding carboxylic acids is 1. The summed E-state index contributed by atoms with van der Waals surface area (Å²) in [5.74, 6) is -0.762. The van der Waals surface area contributed by atoms with Gasteiger partial charge in [-0.25, -0.2) is 0 Å². The van der Waals surface area contributed by atoms with Crippen LogP contribution in [0.25, 0.3) is 0 Å². The molecule has 2 aliphatic heterocycles. The third kappa shape index (κ3) is 25.2. The molecule has 0 saturated carbocycles. The van der Waals surface area contributed by atoms with Crippen molar-refractivity contribution in [3.63, 3.8) is 0 Å². The Morgan fingerprint density at radius 2 is 0.970 bits per heavy atom. The Bertz CT molecular complexity index is 1180. The van der Waals surface area contributed by atoms with E-state index >= 15 is 0 Å². The second-order valence-corrected chi connectivity index (χ2v) is 19.7. The maximum absolute atomic E-state index is 13.3. The van der Waals surface area contributed by atoms with Gasteiger partial charge in [-0.05, 0) is 12.8 Å². The van der Waals surface area contributed by atoms with Crippen molar-refractivity contribution in [2.45, 2.75) is 299 Å². The van der Waals surface area contributed by atoms with E-state index < -0.39 is 111 Å². The van der Waals surface area contributed by atoms with Crippen LogP contribution in [0.4, 0.5) is 0 Å². The Morgan fingerprint density at radius 3 is 1.40 bits per heavy atom. The Hall–Kier alpha value is -1.09. The summed E-state index contributed by atoms with van der Waals surface area (Å²) in [6.07, 6.45) is 14.1. The molecule has 11 N–H and O–H groups in total. The number of amides is 1. The molecule has 14 atom stereocenters. The van der Waals surface area contributed by atoms with Gasteiger partial charge in [-0.3, -0.25) is 4.79 Å². The molecule has 398 valence electrons. The molecule has 0 aromatic carbocycles. The molecule has 16 heteroatoms. The molecule has 2 aliphatic rings.